The van der Waals surface area contributed by atoms with Crippen LogP contribution in [-0.4, -0.2) is 47.5 Å². The van der Waals surface area contributed by atoms with Gasteiger partial charge in [-0.3, -0.25) is 4.79 Å². The molecule has 0 spiro atoms. The Labute approximate surface area is 170 Å². The van der Waals surface area contributed by atoms with Gasteiger partial charge in [0.25, 0.3) is 5.91 Å². The molecular formula is C18H16F3N5O3S. The zero-order chi connectivity index (χ0) is 22.1. The first kappa shape index (κ1) is 21.5. The number of sulfonamides is 1. The minimum absolute atomic E-state index is 0.0218. The predicted octanol–water partition coefficient (Wildman–Crippen LogP) is 2.79. The molecule has 30 heavy (non-hydrogen) atoms. The highest BCUT2D eigenvalue weighted by Gasteiger charge is 2.31. The van der Waals surface area contributed by atoms with Crippen LogP contribution in [0.15, 0.2) is 60.0 Å². The number of rotatable bonds is 5. The Morgan fingerprint density at radius 3 is 2.30 bits per heavy atom. The third-order valence-electron chi connectivity index (χ3n) is 4.13. The summed E-state index contributed by atoms with van der Waals surface area (Å²) in [5, 5.41) is 6.30. The lowest BCUT2D eigenvalue weighted by atomic mass is 10.1. The van der Waals surface area contributed by atoms with E-state index in [4.69, 9.17) is 0 Å². The number of hydrogen-bond acceptors (Lipinski definition) is 5. The minimum Gasteiger partial charge on any atom is -0.320 e. The Morgan fingerprint density at radius 1 is 1.10 bits per heavy atom. The van der Waals surface area contributed by atoms with E-state index in [2.05, 4.69) is 15.4 Å². The zero-order valence-corrected chi connectivity index (χ0v) is 16.6. The van der Waals surface area contributed by atoms with Gasteiger partial charge in [0.1, 0.15) is 12.7 Å². The van der Waals surface area contributed by atoms with E-state index < -0.39 is 27.7 Å². The lowest BCUT2D eigenvalue weighted by Gasteiger charge is -2.15. The Bertz CT molecular complexity index is 1160. The van der Waals surface area contributed by atoms with E-state index in [0.29, 0.717) is 0 Å². The Kier molecular flexibility index (Phi) is 5.63. The largest absolute Gasteiger partial charge is 0.416 e. The van der Waals surface area contributed by atoms with Gasteiger partial charge in [-0.1, -0.05) is 0 Å². The molecule has 0 radical (unpaired) electrons. The molecule has 1 amide bonds. The molecule has 1 N–H and O–H groups in total. The summed E-state index contributed by atoms with van der Waals surface area (Å²) in [6.07, 6.45) is -2.13. The van der Waals surface area contributed by atoms with Crippen molar-refractivity contribution in [3.8, 4) is 5.69 Å². The topological polar surface area (TPSA) is 97.2 Å². The highest BCUT2D eigenvalue weighted by molar-refractivity contribution is 7.89. The number of carbonyl (C=O) groups is 1. The van der Waals surface area contributed by atoms with Gasteiger partial charge in [0.2, 0.25) is 10.0 Å². The molecule has 0 fully saturated rings. The fraction of sp³-hybridized carbons (Fsp3) is 0.167. The number of halogens is 3. The van der Waals surface area contributed by atoms with Crippen LogP contribution in [0.25, 0.3) is 5.69 Å². The zero-order valence-electron chi connectivity index (χ0n) is 15.8. The lowest BCUT2D eigenvalue weighted by Crippen LogP contribution is -2.22. The minimum atomic E-state index is -4.61. The molecule has 3 rings (SSSR count). The maximum atomic E-state index is 13.1. The van der Waals surface area contributed by atoms with Gasteiger partial charge < -0.3 is 5.32 Å². The van der Waals surface area contributed by atoms with Gasteiger partial charge in [-0.05, 0) is 42.5 Å². The summed E-state index contributed by atoms with van der Waals surface area (Å²) in [6, 6.07) is 7.86. The molecule has 0 aliphatic carbocycles. The van der Waals surface area contributed by atoms with E-state index in [0.717, 1.165) is 16.4 Å². The second-order valence-corrected chi connectivity index (χ2v) is 8.49. The van der Waals surface area contributed by atoms with E-state index in [-0.39, 0.29) is 21.8 Å². The van der Waals surface area contributed by atoms with Crippen LogP contribution in [0.3, 0.4) is 0 Å². The van der Waals surface area contributed by atoms with Crippen LogP contribution in [0, 0.1) is 0 Å². The number of carbonyl (C=O) groups excluding carboxylic acids is 1. The van der Waals surface area contributed by atoms with Crippen LogP contribution in [-0.2, 0) is 16.2 Å². The molecule has 0 atom stereocenters. The quantitative estimate of drug-likeness (QED) is 0.660. The molecule has 0 saturated heterocycles. The summed E-state index contributed by atoms with van der Waals surface area (Å²) in [5.41, 5.74) is -0.838. The van der Waals surface area contributed by atoms with Crippen molar-refractivity contribution in [1.82, 2.24) is 19.1 Å². The molecule has 2 aromatic carbocycles. The Hall–Kier alpha value is -3.25. The molecule has 0 aliphatic heterocycles. The Balaban J connectivity index is 1.94. The van der Waals surface area contributed by atoms with Crippen molar-refractivity contribution in [1.29, 1.82) is 0 Å². The van der Waals surface area contributed by atoms with E-state index >= 15 is 0 Å². The van der Waals surface area contributed by atoms with Crippen molar-refractivity contribution < 1.29 is 26.4 Å². The fourth-order valence-electron chi connectivity index (χ4n) is 2.53. The molecular weight excluding hydrogens is 423 g/mol. The van der Waals surface area contributed by atoms with Crippen molar-refractivity contribution in [3.63, 3.8) is 0 Å². The number of hydrogen-bond donors (Lipinski definition) is 1. The van der Waals surface area contributed by atoms with Crippen LogP contribution < -0.4 is 5.32 Å². The first-order valence-electron chi connectivity index (χ1n) is 8.40. The first-order valence-corrected chi connectivity index (χ1v) is 9.84. The molecule has 0 bridgehead atoms. The van der Waals surface area contributed by atoms with Gasteiger partial charge in [0.05, 0.1) is 21.8 Å². The maximum Gasteiger partial charge on any atom is 0.416 e. The summed E-state index contributed by atoms with van der Waals surface area (Å²) in [5.74, 6) is -0.718. The summed E-state index contributed by atoms with van der Waals surface area (Å²) < 4.78 is 65.8. The molecule has 12 heteroatoms. The lowest BCUT2D eigenvalue weighted by molar-refractivity contribution is -0.137. The van der Waals surface area contributed by atoms with E-state index in [1.54, 1.807) is 0 Å². The summed E-state index contributed by atoms with van der Waals surface area (Å²) in [6.45, 7) is 0. The van der Waals surface area contributed by atoms with Crippen LogP contribution >= 0.6 is 0 Å². The second kappa shape index (κ2) is 7.88. The summed E-state index contributed by atoms with van der Waals surface area (Å²) in [7, 11) is -0.938. The number of aromatic nitrogens is 3. The van der Waals surface area contributed by atoms with Crippen molar-refractivity contribution >= 4 is 21.6 Å². The predicted molar refractivity (Wildman–Crippen MR) is 102 cm³/mol. The molecule has 0 aliphatic rings. The van der Waals surface area contributed by atoms with Crippen LogP contribution in [0.4, 0.5) is 18.9 Å². The number of nitrogens with zero attached hydrogens (tertiary/aromatic N) is 4. The third-order valence-corrected chi connectivity index (χ3v) is 5.96. The van der Waals surface area contributed by atoms with E-state index in [1.807, 2.05) is 0 Å². The van der Waals surface area contributed by atoms with Crippen LogP contribution in [0.5, 0.6) is 0 Å². The number of alkyl halides is 3. The molecule has 0 saturated carbocycles. The molecule has 8 nitrogen and oxygen atoms in total. The van der Waals surface area contributed by atoms with Gasteiger partial charge in [-0.25, -0.2) is 22.4 Å². The number of anilines is 1. The maximum absolute atomic E-state index is 13.1. The standard InChI is InChI=1S/C18H16F3N5O3S/c1-25(2)30(28,29)14-6-3-12(4-7-14)17(27)24-15-9-13(18(19,20)21)5-8-16(15)26-11-22-10-23-26/h3-11H,1-2H3,(H,24,27). The Morgan fingerprint density at radius 2 is 1.77 bits per heavy atom. The molecule has 158 valence electrons. The number of amides is 1. The van der Waals surface area contributed by atoms with Crippen LogP contribution in [0.1, 0.15) is 15.9 Å². The smallest absolute Gasteiger partial charge is 0.320 e. The van der Waals surface area contributed by atoms with E-state index in [1.165, 1.54) is 61.8 Å². The first-order chi connectivity index (χ1) is 14.0. The van der Waals surface area contributed by atoms with Gasteiger partial charge >= 0.3 is 6.18 Å². The normalized spacial score (nSPS) is 12.2. The SMILES string of the molecule is CN(C)S(=O)(=O)c1ccc(C(=O)Nc2cc(C(F)(F)F)ccc2-n2cncn2)cc1. The van der Waals surface area contributed by atoms with Crippen molar-refractivity contribution in [3.05, 3.63) is 66.2 Å². The summed E-state index contributed by atoms with van der Waals surface area (Å²) >= 11 is 0. The highest BCUT2D eigenvalue weighted by Crippen LogP contribution is 2.33. The van der Waals surface area contributed by atoms with Crippen molar-refractivity contribution in [2.75, 3.05) is 19.4 Å². The molecule has 1 heterocycles. The molecule has 0 unspecified atom stereocenters. The second-order valence-electron chi connectivity index (χ2n) is 6.34. The highest BCUT2D eigenvalue weighted by atomic mass is 32.2. The van der Waals surface area contributed by atoms with E-state index in [9.17, 15) is 26.4 Å². The van der Waals surface area contributed by atoms with Crippen molar-refractivity contribution in [2.24, 2.45) is 0 Å². The number of nitrogens with one attached hydrogen (secondary N) is 1. The summed E-state index contributed by atoms with van der Waals surface area (Å²) in [4.78, 5) is 16.3. The van der Waals surface area contributed by atoms with Gasteiger partial charge in [-0.2, -0.15) is 18.3 Å². The van der Waals surface area contributed by atoms with Gasteiger partial charge in [-0.15, -0.1) is 0 Å². The van der Waals surface area contributed by atoms with Gasteiger partial charge in [0.15, 0.2) is 0 Å². The average molecular weight is 439 g/mol. The van der Waals surface area contributed by atoms with Gasteiger partial charge in [0, 0.05) is 19.7 Å². The number of benzene rings is 2. The van der Waals surface area contributed by atoms with Crippen molar-refractivity contribution in [2.45, 2.75) is 11.1 Å². The third kappa shape index (κ3) is 4.33. The fourth-order valence-corrected chi connectivity index (χ4v) is 3.43. The monoisotopic (exact) mass is 439 g/mol. The average Bonchev–Trinajstić information content (AvgIpc) is 3.21. The molecule has 3 aromatic rings. The molecule has 1 aromatic heterocycles. The van der Waals surface area contributed by atoms with Crippen LogP contribution in [0.2, 0.25) is 0 Å².